The van der Waals surface area contributed by atoms with Gasteiger partial charge in [0.05, 0.1) is 0 Å². The van der Waals surface area contributed by atoms with Gasteiger partial charge in [0, 0.05) is 24.9 Å². The molecule has 1 rings (SSSR count). The van der Waals surface area contributed by atoms with Crippen molar-refractivity contribution in [3.63, 3.8) is 0 Å². The summed E-state index contributed by atoms with van der Waals surface area (Å²) in [6.45, 7) is 4.91. The van der Waals surface area contributed by atoms with Crippen molar-refractivity contribution in [3.05, 3.63) is 23.2 Å². The van der Waals surface area contributed by atoms with Crippen molar-refractivity contribution in [3.8, 4) is 0 Å². The molecule has 0 saturated carbocycles. The van der Waals surface area contributed by atoms with Crippen LogP contribution in [-0.4, -0.2) is 0 Å². The molecule has 0 unspecified atom stereocenters. The minimum absolute atomic E-state index is 0.600. The topological polar surface area (TPSA) is 39.2 Å². The van der Waals surface area contributed by atoms with Crippen molar-refractivity contribution in [1.29, 1.82) is 0 Å². The van der Waals surface area contributed by atoms with Crippen molar-refractivity contribution < 1.29 is 4.42 Å². The molecule has 0 radical (unpaired) electrons. The molecule has 0 fully saturated rings. The largest absolute Gasteiger partial charge is 0.466 e. The van der Waals surface area contributed by atoms with Gasteiger partial charge in [-0.25, -0.2) is 0 Å². The lowest BCUT2D eigenvalue weighted by Gasteiger charge is -1.95. The molecule has 2 N–H and O–H groups in total. The maximum atomic E-state index is 5.71. The second-order valence-electron chi connectivity index (χ2n) is 3.37. The maximum absolute atomic E-state index is 5.71. The zero-order valence-electron chi connectivity index (χ0n) is 8.60. The fraction of sp³-hybridized carbons (Fsp3) is 0.636. The van der Waals surface area contributed by atoms with Gasteiger partial charge in [-0.2, -0.15) is 0 Å². The Morgan fingerprint density at radius 1 is 1.23 bits per heavy atom. The second kappa shape index (κ2) is 5.07. The molecular formula is C11H19NO. The smallest absolute Gasteiger partial charge is 0.108 e. The van der Waals surface area contributed by atoms with Gasteiger partial charge < -0.3 is 10.2 Å². The number of hydrogen-bond acceptors (Lipinski definition) is 2. The van der Waals surface area contributed by atoms with Gasteiger partial charge in [0.2, 0.25) is 0 Å². The van der Waals surface area contributed by atoms with Crippen LogP contribution in [-0.2, 0) is 19.4 Å². The molecular weight excluding hydrogens is 162 g/mol. The van der Waals surface area contributed by atoms with Crippen molar-refractivity contribution in [2.45, 2.75) is 46.1 Å². The summed E-state index contributed by atoms with van der Waals surface area (Å²) in [5.74, 6) is 2.18. The summed E-state index contributed by atoms with van der Waals surface area (Å²) in [4.78, 5) is 0. The first-order valence-electron chi connectivity index (χ1n) is 5.12. The third kappa shape index (κ3) is 2.59. The van der Waals surface area contributed by atoms with E-state index in [2.05, 4.69) is 19.9 Å². The average Bonchev–Trinajstić information content (AvgIpc) is 2.49. The minimum Gasteiger partial charge on any atom is -0.466 e. The predicted octanol–water partition coefficient (Wildman–Crippen LogP) is 2.64. The highest BCUT2D eigenvalue weighted by Gasteiger charge is 2.07. The standard InChI is InChI=1S/C11H19NO/c1-3-5-10-7-9(8-12)11(13-10)6-4-2/h7H,3-6,8,12H2,1-2H3. The summed E-state index contributed by atoms with van der Waals surface area (Å²) >= 11 is 0. The normalized spacial score (nSPS) is 10.7. The Morgan fingerprint density at radius 2 is 1.92 bits per heavy atom. The number of hydrogen-bond donors (Lipinski definition) is 1. The average molecular weight is 181 g/mol. The number of furan rings is 1. The number of nitrogens with two attached hydrogens (primary N) is 1. The molecule has 2 nitrogen and oxygen atoms in total. The summed E-state index contributed by atoms with van der Waals surface area (Å²) in [6.07, 6.45) is 4.28. The van der Waals surface area contributed by atoms with E-state index in [1.807, 2.05) is 0 Å². The van der Waals surface area contributed by atoms with Crippen LogP contribution in [0.25, 0.3) is 0 Å². The van der Waals surface area contributed by atoms with Crippen LogP contribution in [0, 0.1) is 0 Å². The van der Waals surface area contributed by atoms with Crippen LogP contribution in [0.1, 0.15) is 43.8 Å². The molecule has 0 atom stereocenters. The van der Waals surface area contributed by atoms with Crippen LogP contribution in [0.5, 0.6) is 0 Å². The molecule has 0 spiro atoms. The van der Waals surface area contributed by atoms with Crippen LogP contribution in [0.4, 0.5) is 0 Å². The summed E-state index contributed by atoms with van der Waals surface area (Å²) in [5, 5.41) is 0. The van der Waals surface area contributed by atoms with E-state index in [9.17, 15) is 0 Å². The van der Waals surface area contributed by atoms with Gasteiger partial charge in [-0.1, -0.05) is 13.8 Å². The molecule has 1 aromatic rings. The van der Waals surface area contributed by atoms with E-state index in [1.165, 1.54) is 5.56 Å². The zero-order chi connectivity index (χ0) is 9.68. The van der Waals surface area contributed by atoms with Crippen LogP contribution in [0.15, 0.2) is 10.5 Å². The highest BCUT2D eigenvalue weighted by molar-refractivity contribution is 5.21. The quantitative estimate of drug-likeness (QED) is 0.758. The Morgan fingerprint density at radius 3 is 2.46 bits per heavy atom. The van der Waals surface area contributed by atoms with E-state index in [0.717, 1.165) is 37.2 Å². The molecule has 0 aliphatic heterocycles. The van der Waals surface area contributed by atoms with Gasteiger partial charge >= 0.3 is 0 Å². The van der Waals surface area contributed by atoms with Gasteiger partial charge in [-0.05, 0) is 18.9 Å². The molecule has 0 saturated heterocycles. The molecule has 0 aliphatic rings. The Kier molecular flexibility index (Phi) is 4.03. The van der Waals surface area contributed by atoms with Gasteiger partial charge in [-0.3, -0.25) is 0 Å². The maximum Gasteiger partial charge on any atom is 0.108 e. The Labute approximate surface area is 80.1 Å². The fourth-order valence-corrected chi connectivity index (χ4v) is 1.51. The molecule has 1 heterocycles. The molecule has 1 aromatic heterocycles. The van der Waals surface area contributed by atoms with Crippen LogP contribution < -0.4 is 5.73 Å². The van der Waals surface area contributed by atoms with Crippen molar-refractivity contribution >= 4 is 0 Å². The second-order valence-corrected chi connectivity index (χ2v) is 3.37. The first-order valence-corrected chi connectivity index (χ1v) is 5.12. The third-order valence-electron chi connectivity index (χ3n) is 2.14. The van der Waals surface area contributed by atoms with E-state index in [1.54, 1.807) is 0 Å². The lowest BCUT2D eigenvalue weighted by Crippen LogP contribution is -1.97. The lowest BCUT2D eigenvalue weighted by molar-refractivity contribution is 0.457. The Bertz CT molecular complexity index is 253. The fourth-order valence-electron chi connectivity index (χ4n) is 1.51. The molecule has 0 bridgehead atoms. The van der Waals surface area contributed by atoms with Gasteiger partial charge in [-0.15, -0.1) is 0 Å². The van der Waals surface area contributed by atoms with Gasteiger partial charge in [0.1, 0.15) is 11.5 Å². The summed E-state index contributed by atoms with van der Waals surface area (Å²) in [5.41, 5.74) is 6.82. The molecule has 13 heavy (non-hydrogen) atoms. The third-order valence-corrected chi connectivity index (χ3v) is 2.14. The van der Waals surface area contributed by atoms with Crippen molar-refractivity contribution in [1.82, 2.24) is 0 Å². The van der Waals surface area contributed by atoms with Crippen molar-refractivity contribution in [2.24, 2.45) is 5.73 Å². The van der Waals surface area contributed by atoms with Gasteiger partial charge in [0.15, 0.2) is 0 Å². The first-order chi connectivity index (χ1) is 6.31. The zero-order valence-corrected chi connectivity index (χ0v) is 8.60. The monoisotopic (exact) mass is 181 g/mol. The van der Waals surface area contributed by atoms with Crippen molar-refractivity contribution in [2.75, 3.05) is 0 Å². The van der Waals surface area contributed by atoms with Crippen LogP contribution in [0.3, 0.4) is 0 Å². The van der Waals surface area contributed by atoms with Crippen LogP contribution in [0.2, 0.25) is 0 Å². The van der Waals surface area contributed by atoms with E-state index < -0.39 is 0 Å². The molecule has 0 amide bonds. The van der Waals surface area contributed by atoms with Crippen LogP contribution >= 0.6 is 0 Å². The molecule has 0 aliphatic carbocycles. The SMILES string of the molecule is CCCc1cc(CN)c(CCC)o1. The molecule has 74 valence electrons. The minimum atomic E-state index is 0.600. The summed E-state index contributed by atoms with van der Waals surface area (Å²) in [7, 11) is 0. The highest BCUT2D eigenvalue weighted by Crippen LogP contribution is 2.18. The van der Waals surface area contributed by atoms with E-state index >= 15 is 0 Å². The van der Waals surface area contributed by atoms with Gasteiger partial charge in [0.25, 0.3) is 0 Å². The molecule has 0 aromatic carbocycles. The van der Waals surface area contributed by atoms with E-state index in [-0.39, 0.29) is 0 Å². The highest BCUT2D eigenvalue weighted by atomic mass is 16.3. The first kappa shape index (κ1) is 10.3. The van der Waals surface area contributed by atoms with E-state index in [4.69, 9.17) is 10.2 Å². The number of rotatable bonds is 5. The lowest BCUT2D eigenvalue weighted by atomic mass is 10.1. The number of aryl methyl sites for hydroxylation is 2. The molecule has 2 heteroatoms. The Balaban J connectivity index is 2.77. The Hall–Kier alpha value is -0.760. The summed E-state index contributed by atoms with van der Waals surface area (Å²) < 4.78 is 5.71. The van der Waals surface area contributed by atoms with E-state index in [0.29, 0.717) is 6.54 Å². The summed E-state index contributed by atoms with van der Waals surface area (Å²) in [6, 6.07) is 2.11. The predicted molar refractivity (Wildman–Crippen MR) is 54.6 cm³/mol.